The smallest absolute Gasteiger partial charge is 0.141 e. The molecule has 2 aromatic rings. The Labute approximate surface area is 110 Å². The molecule has 88 valence electrons. The molecule has 0 heterocycles. The molecule has 0 atom stereocenters. The van der Waals surface area contributed by atoms with Crippen LogP contribution < -0.4 is 10.1 Å². The van der Waals surface area contributed by atoms with Crippen LogP contribution in [0.1, 0.15) is 5.56 Å². The Morgan fingerprint density at radius 3 is 2.71 bits per heavy atom. The molecule has 0 saturated heterocycles. The van der Waals surface area contributed by atoms with Crippen molar-refractivity contribution in [3.63, 3.8) is 0 Å². The molecule has 3 heteroatoms. The summed E-state index contributed by atoms with van der Waals surface area (Å²) in [6, 6.07) is 16.2. The zero-order chi connectivity index (χ0) is 12.1. The Morgan fingerprint density at radius 1 is 1.12 bits per heavy atom. The number of halogens is 1. The summed E-state index contributed by atoms with van der Waals surface area (Å²) in [5, 5.41) is 3.36. The minimum atomic E-state index is 0.778. The molecule has 0 amide bonds. The van der Waals surface area contributed by atoms with Gasteiger partial charge in [-0.15, -0.1) is 0 Å². The van der Waals surface area contributed by atoms with Gasteiger partial charge in [-0.2, -0.15) is 0 Å². The van der Waals surface area contributed by atoms with Crippen LogP contribution in [0.15, 0.2) is 53.0 Å². The van der Waals surface area contributed by atoms with Gasteiger partial charge in [0.2, 0.25) is 0 Å². The van der Waals surface area contributed by atoms with Gasteiger partial charge in [-0.1, -0.05) is 40.2 Å². The van der Waals surface area contributed by atoms with Crippen LogP contribution in [-0.4, -0.2) is 7.11 Å². The van der Waals surface area contributed by atoms with Crippen LogP contribution in [0.25, 0.3) is 0 Å². The van der Waals surface area contributed by atoms with Gasteiger partial charge in [0.15, 0.2) is 0 Å². The molecule has 0 aliphatic rings. The molecule has 2 nitrogen and oxygen atoms in total. The van der Waals surface area contributed by atoms with E-state index in [1.54, 1.807) is 7.11 Å². The molecular formula is C14H14BrNO. The van der Waals surface area contributed by atoms with Crippen LogP contribution in [0.5, 0.6) is 5.75 Å². The Balaban J connectivity index is 2.07. The van der Waals surface area contributed by atoms with Gasteiger partial charge in [0.05, 0.1) is 12.8 Å². The highest BCUT2D eigenvalue weighted by Crippen LogP contribution is 2.23. The fraction of sp³-hybridized carbons (Fsp3) is 0.143. The van der Waals surface area contributed by atoms with Gasteiger partial charge in [0.25, 0.3) is 0 Å². The van der Waals surface area contributed by atoms with Gasteiger partial charge in [-0.3, -0.25) is 0 Å². The van der Waals surface area contributed by atoms with Crippen LogP contribution in [0.2, 0.25) is 0 Å². The van der Waals surface area contributed by atoms with Crippen LogP contribution >= 0.6 is 15.9 Å². The van der Waals surface area contributed by atoms with Crippen molar-refractivity contribution in [2.75, 3.05) is 12.4 Å². The molecule has 0 unspecified atom stereocenters. The van der Waals surface area contributed by atoms with Gasteiger partial charge >= 0.3 is 0 Å². The summed E-state index contributed by atoms with van der Waals surface area (Å²) in [4.78, 5) is 0. The van der Waals surface area contributed by atoms with Crippen molar-refractivity contribution in [2.24, 2.45) is 0 Å². The first-order valence-corrected chi connectivity index (χ1v) is 6.20. The Hall–Kier alpha value is -1.48. The lowest BCUT2D eigenvalue weighted by atomic mass is 10.2. The van der Waals surface area contributed by atoms with Gasteiger partial charge in [0.1, 0.15) is 5.75 Å². The summed E-state index contributed by atoms with van der Waals surface area (Å²) in [5.41, 5.74) is 2.24. The molecular weight excluding hydrogens is 278 g/mol. The number of anilines is 1. The maximum atomic E-state index is 5.29. The normalized spacial score (nSPS) is 10.0. The number of nitrogens with one attached hydrogen (secondary N) is 1. The second-order valence-electron chi connectivity index (χ2n) is 3.68. The van der Waals surface area contributed by atoms with Crippen LogP contribution in [0.3, 0.4) is 0 Å². The van der Waals surface area contributed by atoms with Crippen LogP contribution in [0, 0.1) is 0 Å². The number of rotatable bonds is 4. The number of para-hydroxylation sites is 2. The molecule has 0 fully saturated rings. The van der Waals surface area contributed by atoms with Crippen molar-refractivity contribution in [1.82, 2.24) is 0 Å². The molecule has 2 rings (SSSR count). The molecule has 0 spiro atoms. The summed E-state index contributed by atoms with van der Waals surface area (Å²) in [5.74, 6) is 0.863. The third-order valence-electron chi connectivity index (χ3n) is 2.48. The third-order valence-corrected chi connectivity index (χ3v) is 2.97. The fourth-order valence-corrected chi connectivity index (χ4v) is 2.08. The van der Waals surface area contributed by atoms with Gasteiger partial charge < -0.3 is 10.1 Å². The highest BCUT2D eigenvalue weighted by atomic mass is 79.9. The van der Waals surface area contributed by atoms with E-state index in [2.05, 4.69) is 33.4 Å². The van der Waals surface area contributed by atoms with Crippen molar-refractivity contribution in [2.45, 2.75) is 6.54 Å². The lowest BCUT2D eigenvalue weighted by Crippen LogP contribution is -2.01. The maximum Gasteiger partial charge on any atom is 0.141 e. The minimum Gasteiger partial charge on any atom is -0.495 e. The van der Waals surface area contributed by atoms with Crippen molar-refractivity contribution in [3.05, 3.63) is 58.6 Å². The molecule has 0 saturated carbocycles. The summed E-state index contributed by atoms with van der Waals surface area (Å²) < 4.78 is 6.38. The zero-order valence-corrected chi connectivity index (χ0v) is 11.2. The summed E-state index contributed by atoms with van der Waals surface area (Å²) in [7, 11) is 1.68. The average molecular weight is 292 g/mol. The molecule has 0 aromatic heterocycles. The molecule has 0 aliphatic carbocycles. The zero-order valence-electron chi connectivity index (χ0n) is 9.61. The summed E-state index contributed by atoms with van der Waals surface area (Å²) in [6.07, 6.45) is 0. The predicted octanol–water partition coefficient (Wildman–Crippen LogP) is 4.07. The predicted molar refractivity (Wildman–Crippen MR) is 74.5 cm³/mol. The van der Waals surface area contributed by atoms with Crippen molar-refractivity contribution >= 4 is 21.6 Å². The third kappa shape index (κ3) is 3.24. The van der Waals surface area contributed by atoms with E-state index >= 15 is 0 Å². The number of benzene rings is 2. The first-order chi connectivity index (χ1) is 8.29. The van der Waals surface area contributed by atoms with Crippen molar-refractivity contribution < 1.29 is 4.74 Å². The van der Waals surface area contributed by atoms with E-state index in [4.69, 9.17) is 4.74 Å². The molecule has 2 aromatic carbocycles. The fourth-order valence-electron chi connectivity index (χ4n) is 1.63. The Morgan fingerprint density at radius 2 is 1.94 bits per heavy atom. The standard InChI is InChI=1S/C14H14BrNO/c1-17-14-8-3-2-7-13(14)16-10-11-5-4-6-12(15)9-11/h2-9,16H,10H2,1H3. The van der Waals surface area contributed by atoms with E-state index in [0.29, 0.717) is 0 Å². The molecule has 0 bridgehead atoms. The largest absolute Gasteiger partial charge is 0.495 e. The Bertz CT molecular complexity index is 499. The van der Waals surface area contributed by atoms with E-state index < -0.39 is 0 Å². The van der Waals surface area contributed by atoms with Crippen molar-refractivity contribution in [3.8, 4) is 5.75 Å². The van der Waals surface area contributed by atoms with E-state index in [1.165, 1.54) is 5.56 Å². The lowest BCUT2D eigenvalue weighted by Gasteiger charge is -2.10. The number of hydrogen-bond donors (Lipinski definition) is 1. The second kappa shape index (κ2) is 5.73. The molecule has 0 radical (unpaired) electrons. The van der Waals surface area contributed by atoms with E-state index in [0.717, 1.165) is 22.5 Å². The monoisotopic (exact) mass is 291 g/mol. The van der Waals surface area contributed by atoms with E-state index in [1.807, 2.05) is 36.4 Å². The highest BCUT2D eigenvalue weighted by molar-refractivity contribution is 9.10. The number of hydrogen-bond acceptors (Lipinski definition) is 2. The Kier molecular flexibility index (Phi) is 4.04. The topological polar surface area (TPSA) is 21.3 Å². The highest BCUT2D eigenvalue weighted by Gasteiger charge is 2.00. The molecule has 17 heavy (non-hydrogen) atoms. The summed E-state index contributed by atoms with van der Waals surface area (Å²) >= 11 is 3.46. The second-order valence-corrected chi connectivity index (χ2v) is 4.60. The van der Waals surface area contributed by atoms with Gasteiger partial charge in [-0.05, 0) is 29.8 Å². The first kappa shape index (κ1) is 12.0. The quantitative estimate of drug-likeness (QED) is 0.917. The first-order valence-electron chi connectivity index (χ1n) is 5.41. The van der Waals surface area contributed by atoms with Crippen LogP contribution in [-0.2, 0) is 6.54 Å². The van der Waals surface area contributed by atoms with Crippen molar-refractivity contribution in [1.29, 1.82) is 0 Å². The minimum absolute atomic E-state index is 0.778. The number of ether oxygens (including phenoxy) is 1. The summed E-state index contributed by atoms with van der Waals surface area (Å²) in [6.45, 7) is 0.778. The average Bonchev–Trinajstić information content (AvgIpc) is 2.37. The lowest BCUT2D eigenvalue weighted by molar-refractivity contribution is 0.416. The maximum absolute atomic E-state index is 5.29. The number of methoxy groups -OCH3 is 1. The molecule has 0 aliphatic heterocycles. The SMILES string of the molecule is COc1ccccc1NCc1cccc(Br)c1. The van der Waals surface area contributed by atoms with Gasteiger partial charge in [0, 0.05) is 11.0 Å². The van der Waals surface area contributed by atoms with E-state index in [-0.39, 0.29) is 0 Å². The van der Waals surface area contributed by atoms with Gasteiger partial charge in [-0.25, -0.2) is 0 Å². The van der Waals surface area contributed by atoms with Crippen LogP contribution in [0.4, 0.5) is 5.69 Å². The van der Waals surface area contributed by atoms with E-state index in [9.17, 15) is 0 Å². The molecule has 1 N–H and O–H groups in total.